The van der Waals surface area contributed by atoms with Crippen molar-refractivity contribution in [2.75, 3.05) is 24.7 Å². The maximum absolute atomic E-state index is 5.98. The number of para-hydroxylation sites is 1. The minimum Gasteiger partial charge on any atom is -0.494 e. The summed E-state index contributed by atoms with van der Waals surface area (Å²) in [6.07, 6.45) is 5.62. The molecule has 8 heteroatoms. The lowest BCUT2D eigenvalue weighted by molar-refractivity contribution is 0.390. The lowest BCUT2D eigenvalue weighted by Gasteiger charge is -2.19. The molecule has 6 nitrogen and oxygen atoms in total. The summed E-state index contributed by atoms with van der Waals surface area (Å²) in [5.41, 5.74) is 2.08. The van der Waals surface area contributed by atoms with Gasteiger partial charge in [0, 0.05) is 16.7 Å². The number of aromatic nitrogens is 3. The molecule has 1 aromatic heterocycles. The van der Waals surface area contributed by atoms with E-state index in [-0.39, 0.29) is 0 Å². The third-order valence-corrected chi connectivity index (χ3v) is 6.59. The highest BCUT2D eigenvalue weighted by Gasteiger charge is 2.28. The van der Waals surface area contributed by atoms with Crippen LogP contribution in [0.5, 0.6) is 11.5 Å². The van der Waals surface area contributed by atoms with Crippen molar-refractivity contribution in [3.05, 3.63) is 58.9 Å². The number of ether oxygens (including phenoxy) is 2. The molecule has 1 aliphatic rings. The van der Waals surface area contributed by atoms with Gasteiger partial charge in [-0.2, -0.15) is 0 Å². The van der Waals surface area contributed by atoms with Crippen molar-refractivity contribution in [3.8, 4) is 17.2 Å². The molecule has 0 unspecified atom stereocenters. The molecule has 0 spiro atoms. The largest absolute Gasteiger partial charge is 0.494 e. The first-order valence-corrected chi connectivity index (χ1v) is 11.9. The van der Waals surface area contributed by atoms with Crippen molar-refractivity contribution in [2.45, 2.75) is 38.0 Å². The van der Waals surface area contributed by atoms with Crippen LogP contribution in [-0.4, -0.2) is 34.7 Å². The van der Waals surface area contributed by atoms with Crippen molar-refractivity contribution in [1.82, 2.24) is 14.8 Å². The van der Waals surface area contributed by atoms with E-state index in [0.29, 0.717) is 11.9 Å². The van der Waals surface area contributed by atoms with E-state index in [1.807, 2.05) is 30.3 Å². The van der Waals surface area contributed by atoms with Gasteiger partial charge in [0.05, 0.1) is 14.2 Å². The summed E-state index contributed by atoms with van der Waals surface area (Å²) in [4.78, 5) is 0. The number of aryl methyl sites for hydroxylation is 1. The van der Waals surface area contributed by atoms with Gasteiger partial charge in [0.2, 0.25) is 5.95 Å². The molecule has 1 saturated carbocycles. The van der Waals surface area contributed by atoms with Gasteiger partial charge in [0.25, 0.3) is 0 Å². The van der Waals surface area contributed by atoms with Crippen LogP contribution in [-0.2, 0) is 6.42 Å². The SMILES string of the molecule is COc1cccc(OC)c1-n1c(NSCCc2ccc(Cl)cc2)nnc1C1CCCC1. The minimum atomic E-state index is 0.386. The molecule has 1 N–H and O–H groups in total. The summed E-state index contributed by atoms with van der Waals surface area (Å²) in [5, 5.41) is 9.84. The fourth-order valence-corrected chi connectivity index (χ4v) is 4.85. The van der Waals surface area contributed by atoms with E-state index in [4.69, 9.17) is 21.1 Å². The van der Waals surface area contributed by atoms with Crippen molar-refractivity contribution in [2.24, 2.45) is 0 Å². The molecule has 164 valence electrons. The van der Waals surface area contributed by atoms with E-state index in [0.717, 1.165) is 53.0 Å². The van der Waals surface area contributed by atoms with E-state index < -0.39 is 0 Å². The second-order valence-corrected chi connectivity index (χ2v) is 8.87. The molecule has 0 aliphatic heterocycles. The number of methoxy groups -OCH3 is 2. The van der Waals surface area contributed by atoms with E-state index in [2.05, 4.69) is 31.6 Å². The van der Waals surface area contributed by atoms with Crippen LogP contribution in [0.15, 0.2) is 42.5 Å². The zero-order valence-corrected chi connectivity index (χ0v) is 19.4. The van der Waals surface area contributed by atoms with Gasteiger partial charge in [-0.25, -0.2) is 0 Å². The van der Waals surface area contributed by atoms with Crippen LogP contribution in [0.25, 0.3) is 5.69 Å². The van der Waals surface area contributed by atoms with E-state index in [1.165, 1.54) is 18.4 Å². The Morgan fingerprint density at radius 1 is 1.03 bits per heavy atom. The second-order valence-electron chi connectivity index (χ2n) is 7.54. The fraction of sp³-hybridized carbons (Fsp3) is 0.391. The van der Waals surface area contributed by atoms with E-state index >= 15 is 0 Å². The van der Waals surface area contributed by atoms with Crippen molar-refractivity contribution in [1.29, 1.82) is 0 Å². The van der Waals surface area contributed by atoms with Crippen LogP contribution in [0.2, 0.25) is 5.02 Å². The van der Waals surface area contributed by atoms with E-state index in [9.17, 15) is 0 Å². The molecular formula is C23H27ClN4O2S. The summed E-state index contributed by atoms with van der Waals surface area (Å²) in [7, 11) is 3.34. The van der Waals surface area contributed by atoms with Gasteiger partial charge in [-0.1, -0.05) is 42.6 Å². The molecular weight excluding hydrogens is 432 g/mol. The first kappa shape index (κ1) is 21.8. The molecule has 1 fully saturated rings. The Morgan fingerprint density at radius 2 is 1.71 bits per heavy atom. The molecule has 2 aromatic carbocycles. The van der Waals surface area contributed by atoms with Crippen LogP contribution in [0.3, 0.4) is 0 Å². The standard InChI is InChI=1S/C23H27ClN4O2S/c1-29-19-8-5-9-20(30-2)21(19)28-22(17-6-3-4-7-17)25-26-23(28)27-31-15-14-16-10-12-18(24)13-11-16/h5,8-13,17H,3-4,6-7,14-15H2,1-2H3,(H,26,27). The van der Waals surface area contributed by atoms with Gasteiger partial charge in [-0.15, -0.1) is 10.2 Å². The quantitative estimate of drug-likeness (QED) is 0.318. The lowest BCUT2D eigenvalue weighted by Crippen LogP contribution is -2.10. The average molecular weight is 459 g/mol. The highest BCUT2D eigenvalue weighted by Crippen LogP contribution is 2.40. The summed E-state index contributed by atoms with van der Waals surface area (Å²) in [5.74, 6) is 4.37. The Bertz CT molecular complexity index is 981. The van der Waals surface area contributed by atoms with Gasteiger partial charge in [-0.05, 0) is 61.0 Å². The Labute approximate surface area is 192 Å². The monoisotopic (exact) mass is 458 g/mol. The highest BCUT2D eigenvalue weighted by atomic mass is 35.5. The average Bonchev–Trinajstić information content (AvgIpc) is 3.47. The third-order valence-electron chi connectivity index (χ3n) is 5.60. The van der Waals surface area contributed by atoms with E-state index in [1.54, 1.807) is 26.2 Å². The normalized spacial score (nSPS) is 14.0. The summed E-state index contributed by atoms with van der Waals surface area (Å²) in [6, 6.07) is 13.8. The van der Waals surface area contributed by atoms with Crippen LogP contribution in [0.1, 0.15) is 43.0 Å². The smallest absolute Gasteiger partial charge is 0.239 e. The summed E-state index contributed by atoms with van der Waals surface area (Å²) in [6.45, 7) is 0. The topological polar surface area (TPSA) is 61.2 Å². The number of hydrogen-bond donors (Lipinski definition) is 1. The zero-order chi connectivity index (χ0) is 21.6. The van der Waals surface area contributed by atoms with Gasteiger partial charge >= 0.3 is 0 Å². The molecule has 31 heavy (non-hydrogen) atoms. The number of hydrogen-bond acceptors (Lipinski definition) is 6. The maximum atomic E-state index is 5.98. The Hall–Kier alpha value is -2.38. The molecule has 0 saturated heterocycles. The van der Waals surface area contributed by atoms with Crippen molar-refractivity contribution < 1.29 is 9.47 Å². The van der Waals surface area contributed by atoms with Gasteiger partial charge in [-0.3, -0.25) is 9.29 Å². The van der Waals surface area contributed by atoms with Crippen LogP contribution < -0.4 is 14.2 Å². The van der Waals surface area contributed by atoms with Crippen molar-refractivity contribution in [3.63, 3.8) is 0 Å². The predicted molar refractivity (Wildman–Crippen MR) is 127 cm³/mol. The van der Waals surface area contributed by atoms with Gasteiger partial charge in [0.15, 0.2) is 0 Å². The zero-order valence-electron chi connectivity index (χ0n) is 17.8. The first-order valence-electron chi connectivity index (χ1n) is 10.5. The predicted octanol–water partition coefficient (Wildman–Crippen LogP) is 5.90. The number of benzene rings is 2. The van der Waals surface area contributed by atoms with Crippen LogP contribution in [0.4, 0.5) is 5.95 Å². The van der Waals surface area contributed by atoms with Gasteiger partial charge in [0.1, 0.15) is 23.0 Å². The molecule has 0 atom stereocenters. The fourth-order valence-electron chi connectivity index (χ4n) is 4.02. The highest BCUT2D eigenvalue weighted by molar-refractivity contribution is 8.00. The summed E-state index contributed by atoms with van der Waals surface area (Å²) < 4.78 is 16.8. The van der Waals surface area contributed by atoms with Gasteiger partial charge < -0.3 is 9.47 Å². The lowest BCUT2D eigenvalue weighted by atomic mass is 10.1. The number of halogens is 1. The molecule has 1 aliphatic carbocycles. The van der Waals surface area contributed by atoms with Crippen molar-refractivity contribution >= 4 is 29.5 Å². The second kappa shape index (κ2) is 10.3. The molecule has 1 heterocycles. The molecule has 0 bridgehead atoms. The molecule has 4 rings (SSSR count). The Morgan fingerprint density at radius 3 is 2.35 bits per heavy atom. The minimum absolute atomic E-state index is 0.386. The maximum Gasteiger partial charge on any atom is 0.239 e. The summed E-state index contributed by atoms with van der Waals surface area (Å²) >= 11 is 7.59. The molecule has 0 radical (unpaired) electrons. The third kappa shape index (κ3) is 4.93. The molecule has 3 aromatic rings. The van der Waals surface area contributed by atoms with Crippen LogP contribution in [0, 0.1) is 0 Å². The Kier molecular flexibility index (Phi) is 7.25. The Balaban J connectivity index is 1.59. The number of nitrogens with one attached hydrogen (secondary N) is 1. The first-order chi connectivity index (χ1) is 15.2. The molecule has 0 amide bonds. The number of nitrogens with zero attached hydrogens (tertiary/aromatic N) is 3. The number of anilines is 1. The van der Waals surface area contributed by atoms with Crippen LogP contribution >= 0.6 is 23.5 Å². The number of rotatable bonds is 9.